The van der Waals surface area contributed by atoms with Gasteiger partial charge in [-0.05, 0) is 44.2 Å². The van der Waals surface area contributed by atoms with Crippen molar-refractivity contribution in [3.63, 3.8) is 0 Å². The van der Waals surface area contributed by atoms with Crippen molar-refractivity contribution in [2.24, 2.45) is 0 Å². The molecule has 7 heteroatoms. The summed E-state index contributed by atoms with van der Waals surface area (Å²) in [6.07, 6.45) is 12.0. The molecule has 1 saturated heterocycles. The fourth-order valence-corrected chi connectivity index (χ4v) is 3.57. The Morgan fingerprint density at radius 2 is 1.96 bits per heavy atom. The van der Waals surface area contributed by atoms with Crippen LogP contribution >= 0.6 is 0 Å². The molecule has 1 saturated carbocycles. The lowest BCUT2D eigenvalue weighted by Gasteiger charge is -2.33. The van der Waals surface area contributed by atoms with Gasteiger partial charge < -0.3 is 9.64 Å². The first kappa shape index (κ1) is 15.5. The van der Waals surface area contributed by atoms with Gasteiger partial charge in [-0.3, -0.25) is 0 Å². The molecule has 1 atom stereocenters. The Morgan fingerprint density at radius 3 is 2.77 bits per heavy atom. The lowest BCUT2D eigenvalue weighted by Crippen LogP contribution is -2.42. The van der Waals surface area contributed by atoms with E-state index >= 15 is 0 Å². The third kappa shape index (κ3) is 2.98. The van der Waals surface area contributed by atoms with Gasteiger partial charge in [0.05, 0.1) is 12.2 Å². The molecule has 1 unspecified atom stereocenters. The molecule has 0 aromatic carbocycles. The number of piperidine rings is 1. The smallest absolute Gasteiger partial charge is 0.316 e. The highest BCUT2D eigenvalue weighted by molar-refractivity contribution is 5.69. The van der Waals surface area contributed by atoms with Crippen molar-refractivity contribution in [2.45, 2.75) is 44.6 Å². The first-order valence-corrected chi connectivity index (χ1v) is 9.31. The summed E-state index contributed by atoms with van der Waals surface area (Å²) in [4.78, 5) is 15.5. The molecular formula is C19H22N6O. The van der Waals surface area contributed by atoms with Gasteiger partial charge in [0.2, 0.25) is 0 Å². The van der Waals surface area contributed by atoms with Crippen LogP contribution in [0.4, 0.5) is 5.82 Å². The van der Waals surface area contributed by atoms with Crippen molar-refractivity contribution < 1.29 is 4.74 Å². The maximum Gasteiger partial charge on any atom is 0.316 e. The van der Waals surface area contributed by atoms with Crippen molar-refractivity contribution in [1.82, 2.24) is 24.6 Å². The molecule has 1 aliphatic carbocycles. The monoisotopic (exact) mass is 350 g/mol. The molecule has 0 bridgehead atoms. The van der Waals surface area contributed by atoms with Crippen molar-refractivity contribution in [2.75, 3.05) is 18.0 Å². The number of hydrogen-bond acceptors (Lipinski definition) is 6. The molecule has 5 rings (SSSR count). The maximum atomic E-state index is 6.01. The molecule has 1 aliphatic heterocycles. The van der Waals surface area contributed by atoms with Crippen LogP contribution in [0.3, 0.4) is 0 Å². The van der Waals surface area contributed by atoms with Crippen LogP contribution in [0.2, 0.25) is 0 Å². The van der Waals surface area contributed by atoms with E-state index in [1.54, 1.807) is 12.4 Å². The largest absolute Gasteiger partial charge is 0.458 e. The van der Waals surface area contributed by atoms with E-state index in [4.69, 9.17) is 9.84 Å². The van der Waals surface area contributed by atoms with Crippen LogP contribution in [0, 0.1) is 6.92 Å². The number of aryl methyl sites for hydroxylation is 1. The van der Waals surface area contributed by atoms with Gasteiger partial charge in [0.15, 0.2) is 5.82 Å². The standard InChI is InChI=1S/C19H22N6O/c1-13-10-21-19(22-11-13)26-15-3-2-7-24(12-15)18-17-9-16(14-4-5-14)23-25(17)8-6-20-18/h6,8-11,14-15H,2-5,7,12H2,1H3. The summed E-state index contributed by atoms with van der Waals surface area (Å²) in [7, 11) is 0. The number of hydrogen-bond donors (Lipinski definition) is 0. The molecule has 0 amide bonds. The van der Waals surface area contributed by atoms with Gasteiger partial charge >= 0.3 is 6.01 Å². The van der Waals surface area contributed by atoms with Gasteiger partial charge in [-0.1, -0.05) is 0 Å². The van der Waals surface area contributed by atoms with Crippen LogP contribution in [-0.2, 0) is 0 Å². The summed E-state index contributed by atoms with van der Waals surface area (Å²) < 4.78 is 7.98. The van der Waals surface area contributed by atoms with Crippen LogP contribution < -0.4 is 9.64 Å². The normalized spacial score (nSPS) is 20.5. The SMILES string of the molecule is Cc1cnc(OC2CCCN(c3nccn4nc(C5CC5)cc34)C2)nc1. The number of ether oxygens (including phenoxy) is 1. The van der Waals surface area contributed by atoms with Gasteiger partial charge in [-0.15, -0.1) is 0 Å². The predicted molar refractivity (Wildman–Crippen MR) is 97.6 cm³/mol. The number of rotatable bonds is 4. The predicted octanol–water partition coefficient (Wildman–Crippen LogP) is 2.75. The second-order valence-corrected chi connectivity index (χ2v) is 7.30. The Labute approximate surface area is 152 Å². The third-order valence-corrected chi connectivity index (χ3v) is 5.09. The van der Waals surface area contributed by atoms with Gasteiger partial charge in [-0.25, -0.2) is 19.5 Å². The fourth-order valence-electron chi connectivity index (χ4n) is 3.57. The molecule has 0 radical (unpaired) electrons. The first-order chi connectivity index (χ1) is 12.8. The average Bonchev–Trinajstić information content (AvgIpc) is 3.42. The maximum absolute atomic E-state index is 6.01. The lowest BCUT2D eigenvalue weighted by atomic mass is 10.1. The summed E-state index contributed by atoms with van der Waals surface area (Å²) in [5.74, 6) is 1.63. The first-order valence-electron chi connectivity index (χ1n) is 9.31. The Hall–Kier alpha value is -2.70. The highest BCUT2D eigenvalue weighted by atomic mass is 16.5. The van der Waals surface area contributed by atoms with Gasteiger partial charge in [0.25, 0.3) is 0 Å². The van der Waals surface area contributed by atoms with Gasteiger partial charge in [-0.2, -0.15) is 5.10 Å². The van der Waals surface area contributed by atoms with Crippen LogP contribution in [0.1, 0.15) is 42.9 Å². The molecule has 4 heterocycles. The van der Waals surface area contributed by atoms with E-state index < -0.39 is 0 Å². The zero-order valence-electron chi connectivity index (χ0n) is 14.9. The molecule has 3 aromatic rings. The van der Waals surface area contributed by atoms with E-state index in [-0.39, 0.29) is 6.10 Å². The van der Waals surface area contributed by atoms with E-state index in [1.807, 2.05) is 23.8 Å². The Bertz CT molecular complexity index is 917. The topological polar surface area (TPSA) is 68.4 Å². The third-order valence-electron chi connectivity index (χ3n) is 5.09. The second-order valence-electron chi connectivity index (χ2n) is 7.30. The Kier molecular flexibility index (Phi) is 3.72. The number of nitrogens with zero attached hydrogens (tertiary/aromatic N) is 6. The summed E-state index contributed by atoms with van der Waals surface area (Å²) in [6.45, 7) is 3.74. The van der Waals surface area contributed by atoms with E-state index in [1.165, 1.54) is 18.5 Å². The van der Waals surface area contributed by atoms with Crippen LogP contribution in [-0.4, -0.2) is 43.8 Å². The summed E-state index contributed by atoms with van der Waals surface area (Å²) in [5.41, 5.74) is 3.31. The van der Waals surface area contributed by atoms with Crippen molar-refractivity contribution in [3.05, 3.63) is 42.1 Å². The van der Waals surface area contributed by atoms with E-state index in [9.17, 15) is 0 Å². The highest BCUT2D eigenvalue weighted by Gasteiger charge is 2.28. The minimum atomic E-state index is 0.0688. The van der Waals surface area contributed by atoms with Crippen LogP contribution in [0.5, 0.6) is 6.01 Å². The highest BCUT2D eigenvalue weighted by Crippen LogP contribution is 2.40. The zero-order chi connectivity index (χ0) is 17.5. The van der Waals surface area contributed by atoms with E-state index in [0.717, 1.165) is 42.8 Å². The van der Waals surface area contributed by atoms with Crippen molar-refractivity contribution in [1.29, 1.82) is 0 Å². The summed E-state index contributed by atoms with van der Waals surface area (Å²) in [5, 5.41) is 4.72. The average molecular weight is 350 g/mol. The zero-order valence-corrected chi connectivity index (χ0v) is 14.9. The molecule has 2 aliphatic rings. The van der Waals surface area contributed by atoms with Gasteiger partial charge in [0.1, 0.15) is 11.6 Å². The summed E-state index contributed by atoms with van der Waals surface area (Å²) in [6, 6.07) is 2.65. The van der Waals surface area contributed by atoms with E-state index in [0.29, 0.717) is 11.9 Å². The molecular weight excluding hydrogens is 328 g/mol. The van der Waals surface area contributed by atoms with Gasteiger partial charge in [0, 0.05) is 37.3 Å². The minimum Gasteiger partial charge on any atom is -0.458 e. The summed E-state index contributed by atoms with van der Waals surface area (Å²) >= 11 is 0. The quantitative estimate of drug-likeness (QED) is 0.721. The molecule has 7 nitrogen and oxygen atoms in total. The van der Waals surface area contributed by atoms with Crippen LogP contribution in [0.25, 0.3) is 5.52 Å². The molecule has 26 heavy (non-hydrogen) atoms. The van der Waals surface area contributed by atoms with Crippen LogP contribution in [0.15, 0.2) is 30.9 Å². The Balaban J connectivity index is 1.37. The minimum absolute atomic E-state index is 0.0688. The molecule has 0 spiro atoms. The van der Waals surface area contributed by atoms with E-state index in [2.05, 4.69) is 25.9 Å². The molecule has 2 fully saturated rings. The second kappa shape index (κ2) is 6.23. The molecule has 134 valence electrons. The fraction of sp³-hybridized carbons (Fsp3) is 0.474. The van der Waals surface area contributed by atoms with Crippen molar-refractivity contribution in [3.8, 4) is 6.01 Å². The van der Waals surface area contributed by atoms with Crippen molar-refractivity contribution >= 4 is 11.3 Å². The number of fused-ring (bicyclic) bond motifs is 1. The number of aromatic nitrogens is 5. The number of anilines is 1. The molecule has 0 N–H and O–H groups in total. The lowest BCUT2D eigenvalue weighted by molar-refractivity contribution is 0.164. The molecule has 3 aromatic heterocycles. The Morgan fingerprint density at radius 1 is 1.12 bits per heavy atom.